The standard InChI is InChI=1S/C12H14F3N2/c13-12(14,15)9-1-3-11(4-2-9)17-7-5-10(16)6-8-17/h1-3,10H,5-8,16H2. The summed E-state index contributed by atoms with van der Waals surface area (Å²) in [5.74, 6) is 0. The zero-order valence-electron chi connectivity index (χ0n) is 9.30. The Kier molecular flexibility index (Phi) is 3.28. The summed E-state index contributed by atoms with van der Waals surface area (Å²) < 4.78 is 37.1. The number of nitrogens with zero attached hydrogens (tertiary/aromatic N) is 1. The lowest BCUT2D eigenvalue weighted by molar-refractivity contribution is -0.137. The first-order chi connectivity index (χ1) is 7.97. The normalized spacial score (nSPS) is 18.5. The summed E-state index contributed by atoms with van der Waals surface area (Å²) in [5, 5.41) is 0. The molecule has 1 aromatic carbocycles. The summed E-state index contributed by atoms with van der Waals surface area (Å²) >= 11 is 0. The van der Waals surface area contributed by atoms with Gasteiger partial charge in [0.05, 0.1) is 5.56 Å². The number of nitrogens with two attached hydrogens (primary N) is 1. The van der Waals surface area contributed by atoms with Crippen molar-refractivity contribution in [1.29, 1.82) is 0 Å². The van der Waals surface area contributed by atoms with Crippen LogP contribution < -0.4 is 10.6 Å². The molecule has 0 aromatic heterocycles. The summed E-state index contributed by atoms with van der Waals surface area (Å²) in [6, 6.07) is 6.48. The number of halogens is 3. The van der Waals surface area contributed by atoms with Gasteiger partial charge in [-0.25, -0.2) is 0 Å². The highest BCUT2D eigenvalue weighted by Crippen LogP contribution is 2.30. The minimum Gasteiger partial charge on any atom is -0.371 e. The van der Waals surface area contributed by atoms with Crippen LogP contribution in [0.1, 0.15) is 18.4 Å². The Hall–Kier alpha value is -1.23. The second kappa shape index (κ2) is 4.56. The van der Waals surface area contributed by atoms with Gasteiger partial charge in [-0.05, 0) is 31.0 Å². The Morgan fingerprint density at radius 3 is 2.35 bits per heavy atom. The first kappa shape index (κ1) is 12.2. The lowest BCUT2D eigenvalue weighted by Crippen LogP contribution is -2.39. The molecule has 0 unspecified atom stereocenters. The number of benzene rings is 1. The molecule has 93 valence electrons. The maximum Gasteiger partial charge on any atom is 0.416 e. The van der Waals surface area contributed by atoms with Crippen molar-refractivity contribution >= 4 is 5.69 Å². The van der Waals surface area contributed by atoms with E-state index in [0.29, 0.717) is 5.69 Å². The molecule has 0 aliphatic carbocycles. The van der Waals surface area contributed by atoms with E-state index in [9.17, 15) is 13.2 Å². The van der Waals surface area contributed by atoms with E-state index in [0.717, 1.165) is 38.1 Å². The molecule has 2 rings (SSSR count). The van der Waals surface area contributed by atoms with Gasteiger partial charge in [-0.3, -0.25) is 0 Å². The maximum absolute atomic E-state index is 12.4. The number of hydrogen-bond acceptors (Lipinski definition) is 2. The smallest absolute Gasteiger partial charge is 0.371 e. The fourth-order valence-corrected chi connectivity index (χ4v) is 1.93. The molecule has 0 amide bonds. The van der Waals surface area contributed by atoms with Crippen LogP contribution in [0, 0.1) is 6.07 Å². The highest BCUT2D eigenvalue weighted by atomic mass is 19.4. The molecule has 0 atom stereocenters. The Bertz CT molecular complexity index is 364. The summed E-state index contributed by atoms with van der Waals surface area (Å²) in [4.78, 5) is 2.02. The average molecular weight is 243 g/mol. The van der Waals surface area contributed by atoms with Crippen LogP contribution in [-0.4, -0.2) is 19.1 Å². The second-order valence-corrected chi connectivity index (χ2v) is 4.28. The molecule has 17 heavy (non-hydrogen) atoms. The van der Waals surface area contributed by atoms with Crippen molar-refractivity contribution in [2.75, 3.05) is 18.0 Å². The topological polar surface area (TPSA) is 29.3 Å². The Morgan fingerprint density at radius 1 is 1.24 bits per heavy atom. The Morgan fingerprint density at radius 2 is 1.88 bits per heavy atom. The van der Waals surface area contributed by atoms with Gasteiger partial charge in [-0.15, -0.1) is 0 Å². The summed E-state index contributed by atoms with van der Waals surface area (Å²) in [7, 11) is 0. The van der Waals surface area contributed by atoms with Crippen molar-refractivity contribution in [1.82, 2.24) is 0 Å². The molecule has 1 aromatic rings. The van der Waals surface area contributed by atoms with E-state index >= 15 is 0 Å². The van der Waals surface area contributed by atoms with Crippen LogP contribution >= 0.6 is 0 Å². The molecule has 0 bridgehead atoms. The predicted molar refractivity (Wildman–Crippen MR) is 59.7 cm³/mol. The summed E-state index contributed by atoms with van der Waals surface area (Å²) in [6.07, 6.45) is -2.55. The SMILES string of the molecule is NC1CCN(c2[c]cc(C(F)(F)F)cc2)CC1. The van der Waals surface area contributed by atoms with Crippen LogP contribution in [0.2, 0.25) is 0 Å². The highest BCUT2D eigenvalue weighted by Gasteiger charge is 2.30. The second-order valence-electron chi connectivity index (χ2n) is 4.28. The Balaban J connectivity index is 2.08. The molecule has 1 aliphatic heterocycles. The first-order valence-corrected chi connectivity index (χ1v) is 5.56. The zero-order chi connectivity index (χ0) is 12.5. The van der Waals surface area contributed by atoms with Crippen LogP contribution in [0.15, 0.2) is 18.2 Å². The molecular formula is C12H14F3N2. The predicted octanol–water partition coefficient (Wildman–Crippen LogP) is 2.43. The van der Waals surface area contributed by atoms with Gasteiger partial charge in [0.25, 0.3) is 0 Å². The van der Waals surface area contributed by atoms with E-state index in [-0.39, 0.29) is 6.04 Å². The van der Waals surface area contributed by atoms with Crippen molar-refractivity contribution < 1.29 is 13.2 Å². The van der Waals surface area contributed by atoms with Gasteiger partial charge >= 0.3 is 6.18 Å². The van der Waals surface area contributed by atoms with Crippen LogP contribution in [-0.2, 0) is 6.18 Å². The molecule has 1 radical (unpaired) electrons. The monoisotopic (exact) mass is 243 g/mol. The van der Waals surface area contributed by atoms with Crippen LogP contribution in [0.4, 0.5) is 18.9 Å². The first-order valence-electron chi connectivity index (χ1n) is 5.56. The van der Waals surface area contributed by atoms with E-state index in [2.05, 4.69) is 6.07 Å². The molecule has 1 fully saturated rings. The minimum atomic E-state index is -4.29. The number of rotatable bonds is 1. The zero-order valence-corrected chi connectivity index (χ0v) is 9.30. The van der Waals surface area contributed by atoms with Gasteiger partial charge in [0.1, 0.15) is 0 Å². The van der Waals surface area contributed by atoms with Crippen molar-refractivity contribution in [3.05, 3.63) is 29.8 Å². The lowest BCUT2D eigenvalue weighted by atomic mass is 10.1. The molecule has 0 saturated carbocycles. The third-order valence-corrected chi connectivity index (χ3v) is 3.00. The van der Waals surface area contributed by atoms with Crippen molar-refractivity contribution in [3.63, 3.8) is 0 Å². The molecule has 1 heterocycles. The van der Waals surface area contributed by atoms with Crippen LogP contribution in [0.3, 0.4) is 0 Å². The number of anilines is 1. The van der Waals surface area contributed by atoms with E-state index in [1.807, 2.05) is 4.90 Å². The third-order valence-electron chi connectivity index (χ3n) is 3.00. The van der Waals surface area contributed by atoms with Crippen molar-refractivity contribution in [2.24, 2.45) is 5.73 Å². The molecule has 1 saturated heterocycles. The van der Waals surface area contributed by atoms with E-state index in [4.69, 9.17) is 5.73 Å². The number of hydrogen-bond donors (Lipinski definition) is 1. The van der Waals surface area contributed by atoms with Gasteiger partial charge in [-0.1, -0.05) is 0 Å². The Labute approximate surface area is 98.2 Å². The largest absolute Gasteiger partial charge is 0.416 e. The van der Waals surface area contributed by atoms with Gasteiger partial charge in [-0.2, -0.15) is 13.2 Å². The molecular weight excluding hydrogens is 229 g/mol. The fraction of sp³-hybridized carbons (Fsp3) is 0.500. The molecule has 1 aliphatic rings. The van der Waals surface area contributed by atoms with Crippen LogP contribution in [0.25, 0.3) is 0 Å². The fourth-order valence-electron chi connectivity index (χ4n) is 1.93. The van der Waals surface area contributed by atoms with Gasteiger partial charge < -0.3 is 10.6 Å². The molecule has 2 N–H and O–H groups in total. The van der Waals surface area contributed by atoms with Gasteiger partial charge in [0.15, 0.2) is 0 Å². The number of piperidine rings is 1. The lowest BCUT2D eigenvalue weighted by Gasteiger charge is -2.31. The summed E-state index contributed by atoms with van der Waals surface area (Å²) in [6.45, 7) is 1.56. The van der Waals surface area contributed by atoms with Crippen molar-refractivity contribution in [2.45, 2.75) is 25.1 Å². The summed E-state index contributed by atoms with van der Waals surface area (Å²) in [5.41, 5.74) is 5.83. The highest BCUT2D eigenvalue weighted by molar-refractivity contribution is 5.47. The molecule has 2 nitrogen and oxygen atoms in total. The van der Waals surface area contributed by atoms with Crippen LogP contribution in [0.5, 0.6) is 0 Å². The van der Waals surface area contributed by atoms with Gasteiger partial charge in [0.2, 0.25) is 0 Å². The maximum atomic E-state index is 12.4. The quantitative estimate of drug-likeness (QED) is 0.820. The van der Waals surface area contributed by atoms with E-state index in [1.54, 1.807) is 0 Å². The number of alkyl halides is 3. The van der Waals surface area contributed by atoms with E-state index in [1.165, 1.54) is 6.07 Å². The minimum absolute atomic E-state index is 0.209. The van der Waals surface area contributed by atoms with E-state index < -0.39 is 11.7 Å². The van der Waals surface area contributed by atoms with Crippen molar-refractivity contribution in [3.8, 4) is 0 Å². The third kappa shape index (κ3) is 2.91. The molecule has 0 spiro atoms. The van der Waals surface area contributed by atoms with Gasteiger partial charge in [0, 0.05) is 30.9 Å². The molecule has 5 heteroatoms. The average Bonchev–Trinajstić information content (AvgIpc) is 2.29.